The number of benzene rings is 2. The highest BCUT2D eigenvalue weighted by Crippen LogP contribution is 2.28. The number of rotatable bonds is 6. The normalized spacial score (nSPS) is 11.5. The average molecular weight is 565 g/mol. The lowest BCUT2D eigenvalue weighted by atomic mass is 10.2. The number of nitrogens with two attached hydrogens (primary N) is 1. The summed E-state index contributed by atoms with van der Waals surface area (Å²) in [4.78, 5) is 10.2. The molecule has 0 radical (unpaired) electrons. The second-order valence-corrected chi connectivity index (χ2v) is 7.08. The van der Waals surface area contributed by atoms with Gasteiger partial charge in [-0.2, -0.15) is 5.10 Å². The van der Waals surface area contributed by atoms with Crippen LogP contribution < -0.4 is 15.9 Å². The van der Waals surface area contributed by atoms with E-state index in [2.05, 4.69) is 60.8 Å². The minimum atomic E-state index is -0.902. The molecule has 0 unspecified atom stereocenters. The number of guanidine groups is 1. The summed E-state index contributed by atoms with van der Waals surface area (Å²) >= 11 is 4.37. The minimum absolute atomic E-state index is 0.409. The molecule has 0 fully saturated rings. The third-order valence-corrected chi connectivity index (χ3v) is 4.26. The lowest BCUT2D eigenvalue weighted by molar-refractivity contribution is -0.485. The first-order valence-corrected chi connectivity index (χ1v) is 9.05. The van der Waals surface area contributed by atoms with Crippen LogP contribution in [0.3, 0.4) is 0 Å². The zero-order valence-electron chi connectivity index (χ0n) is 12.7. The summed E-state index contributed by atoms with van der Waals surface area (Å²) in [6.45, 7) is 0.413. The van der Waals surface area contributed by atoms with Gasteiger partial charge in [0.25, 0.3) is 5.96 Å². The molecule has 0 aromatic heterocycles. The van der Waals surface area contributed by atoms with Crippen molar-refractivity contribution in [2.24, 2.45) is 15.9 Å². The van der Waals surface area contributed by atoms with Crippen molar-refractivity contribution in [2.75, 3.05) is 0 Å². The number of hydrazone groups is 2. The monoisotopic (exact) mass is 565 g/mol. The molecule has 0 aliphatic carbocycles. The van der Waals surface area contributed by atoms with Crippen molar-refractivity contribution in [3.05, 3.63) is 70.8 Å². The van der Waals surface area contributed by atoms with E-state index in [1.165, 1.54) is 6.21 Å². The first-order chi connectivity index (χ1) is 12.0. The largest absolute Gasteiger partial charge is 0.487 e. The van der Waals surface area contributed by atoms with Gasteiger partial charge in [-0.25, -0.2) is 15.5 Å². The van der Waals surface area contributed by atoms with Crippen molar-refractivity contribution in [3.8, 4) is 5.75 Å². The number of hydrogen-bond donors (Lipinski definition) is 2. The Morgan fingerprint density at radius 1 is 1.32 bits per heavy atom. The Labute approximate surface area is 170 Å². The third kappa shape index (κ3) is 6.45. The zero-order valence-corrected chi connectivity index (χ0v) is 17.0. The molecule has 2 aromatic carbocycles. The van der Waals surface area contributed by atoms with Gasteiger partial charge in [0, 0.05) is 9.13 Å². The molecular formula is C15H13I2N5O3. The van der Waals surface area contributed by atoms with Crippen LogP contribution in [0.4, 0.5) is 0 Å². The maximum Gasteiger partial charge on any atom is 0.286 e. The summed E-state index contributed by atoms with van der Waals surface area (Å²) in [5.41, 5.74) is 9.38. The second kappa shape index (κ2) is 9.50. The number of halogens is 2. The molecule has 2 aromatic rings. The van der Waals surface area contributed by atoms with Crippen LogP contribution in [0, 0.1) is 17.3 Å². The highest BCUT2D eigenvalue weighted by molar-refractivity contribution is 14.1. The maximum atomic E-state index is 10.2. The molecule has 2 rings (SSSR count). The Kier molecular flexibility index (Phi) is 7.36. The predicted molar refractivity (Wildman–Crippen MR) is 112 cm³/mol. The molecule has 0 aliphatic heterocycles. The standard InChI is InChI=1S/C15H13I2N5O3/c16-12-6-11(8-19-20-15(18)21-22(23)24)14(13(17)7-12)25-9-10-4-2-1-3-5-10/h1-8H,9H2,(H3,18,20,21)/b19-8-. The van der Waals surface area contributed by atoms with Gasteiger partial charge in [-0.05, 0) is 62.9 Å². The predicted octanol–water partition coefficient (Wildman–Crippen LogP) is 2.90. The van der Waals surface area contributed by atoms with E-state index in [4.69, 9.17) is 10.5 Å². The molecule has 10 heteroatoms. The van der Waals surface area contributed by atoms with E-state index in [9.17, 15) is 10.1 Å². The fraction of sp³-hybridized carbons (Fsp3) is 0.0667. The Hall–Kier alpha value is -1.96. The van der Waals surface area contributed by atoms with E-state index in [-0.39, 0.29) is 0 Å². The fourth-order valence-electron chi connectivity index (χ4n) is 1.84. The molecular weight excluding hydrogens is 552 g/mol. The van der Waals surface area contributed by atoms with Crippen molar-refractivity contribution in [3.63, 3.8) is 0 Å². The van der Waals surface area contributed by atoms with Gasteiger partial charge in [0.2, 0.25) is 0 Å². The van der Waals surface area contributed by atoms with Crippen molar-refractivity contribution in [2.45, 2.75) is 6.61 Å². The summed E-state index contributed by atoms with van der Waals surface area (Å²) in [7, 11) is 0. The fourth-order valence-corrected chi connectivity index (χ4v) is 3.88. The van der Waals surface area contributed by atoms with Gasteiger partial charge < -0.3 is 10.5 Å². The molecule has 0 heterocycles. The van der Waals surface area contributed by atoms with Crippen LogP contribution in [0.2, 0.25) is 0 Å². The van der Waals surface area contributed by atoms with Gasteiger partial charge in [-0.3, -0.25) is 0 Å². The van der Waals surface area contributed by atoms with E-state index in [1.54, 1.807) is 0 Å². The van der Waals surface area contributed by atoms with Gasteiger partial charge in [0.05, 0.1) is 9.78 Å². The Morgan fingerprint density at radius 3 is 2.72 bits per heavy atom. The van der Waals surface area contributed by atoms with Crippen LogP contribution in [0.25, 0.3) is 0 Å². The molecule has 0 bridgehead atoms. The van der Waals surface area contributed by atoms with E-state index in [1.807, 2.05) is 42.5 Å². The van der Waals surface area contributed by atoms with Gasteiger partial charge in [-0.15, -0.1) is 0 Å². The van der Waals surface area contributed by atoms with Crippen molar-refractivity contribution in [1.29, 1.82) is 0 Å². The number of ether oxygens (including phenoxy) is 1. The highest BCUT2D eigenvalue weighted by Gasteiger charge is 2.09. The molecule has 0 saturated carbocycles. The molecule has 3 N–H and O–H groups in total. The van der Waals surface area contributed by atoms with E-state index in [0.717, 1.165) is 12.7 Å². The van der Waals surface area contributed by atoms with Crippen LogP contribution in [0.1, 0.15) is 11.1 Å². The first kappa shape index (κ1) is 19.4. The van der Waals surface area contributed by atoms with Crippen molar-refractivity contribution < 1.29 is 9.77 Å². The molecule has 0 aliphatic rings. The number of nitrogens with one attached hydrogen (secondary N) is 1. The Morgan fingerprint density at radius 2 is 2.04 bits per heavy atom. The molecule has 8 nitrogen and oxygen atoms in total. The summed E-state index contributed by atoms with van der Waals surface area (Å²) < 4.78 is 7.86. The van der Waals surface area contributed by atoms with Gasteiger partial charge >= 0.3 is 0 Å². The summed E-state index contributed by atoms with van der Waals surface area (Å²) in [6.07, 6.45) is 1.48. The number of nitro groups is 1. The summed E-state index contributed by atoms with van der Waals surface area (Å²) in [5.74, 6) is 0.258. The Bertz CT molecular complexity index is 812. The maximum absolute atomic E-state index is 10.2. The van der Waals surface area contributed by atoms with Crippen LogP contribution >= 0.6 is 45.2 Å². The van der Waals surface area contributed by atoms with Crippen LogP contribution in [-0.4, -0.2) is 17.2 Å². The van der Waals surface area contributed by atoms with E-state index in [0.29, 0.717) is 17.9 Å². The highest BCUT2D eigenvalue weighted by atomic mass is 127. The molecule has 0 saturated heterocycles. The van der Waals surface area contributed by atoms with Gasteiger partial charge in [0.15, 0.2) is 5.03 Å². The number of hydrogen-bond acceptors (Lipinski definition) is 4. The number of nitrogens with zero attached hydrogens (tertiary/aromatic N) is 3. The smallest absolute Gasteiger partial charge is 0.286 e. The second-order valence-electron chi connectivity index (χ2n) is 4.67. The summed E-state index contributed by atoms with van der Waals surface area (Å²) in [5, 5.41) is 16.1. The van der Waals surface area contributed by atoms with Gasteiger partial charge in [0.1, 0.15) is 17.5 Å². The SMILES string of the molecule is N/C(=N/[N+](=O)[O-])N/N=C\c1cc(I)cc(I)c1OCc1ccccc1. The van der Waals surface area contributed by atoms with E-state index < -0.39 is 11.0 Å². The minimum Gasteiger partial charge on any atom is -0.487 e. The Balaban J connectivity index is 2.17. The third-order valence-electron chi connectivity index (χ3n) is 2.84. The van der Waals surface area contributed by atoms with Gasteiger partial charge in [-0.1, -0.05) is 30.3 Å². The quantitative estimate of drug-likeness (QED) is 0.184. The zero-order chi connectivity index (χ0) is 18.2. The van der Waals surface area contributed by atoms with Crippen LogP contribution in [-0.2, 0) is 6.61 Å². The van der Waals surface area contributed by atoms with Crippen LogP contribution in [0.5, 0.6) is 5.75 Å². The van der Waals surface area contributed by atoms with Crippen molar-refractivity contribution in [1.82, 2.24) is 5.43 Å². The average Bonchev–Trinajstić information content (AvgIpc) is 2.54. The lowest BCUT2D eigenvalue weighted by Gasteiger charge is -2.12. The first-order valence-electron chi connectivity index (χ1n) is 6.89. The molecule has 25 heavy (non-hydrogen) atoms. The topological polar surface area (TPSA) is 115 Å². The summed E-state index contributed by atoms with van der Waals surface area (Å²) in [6, 6.07) is 13.7. The molecule has 0 atom stereocenters. The van der Waals surface area contributed by atoms with E-state index >= 15 is 0 Å². The van der Waals surface area contributed by atoms with Crippen molar-refractivity contribution >= 4 is 57.4 Å². The lowest BCUT2D eigenvalue weighted by Crippen LogP contribution is -2.28. The molecule has 0 amide bonds. The molecule has 0 spiro atoms. The van der Waals surface area contributed by atoms with Crippen LogP contribution in [0.15, 0.2) is 52.7 Å². The molecule has 130 valence electrons.